The van der Waals surface area contributed by atoms with Crippen LogP contribution in [0, 0.1) is 0 Å². The molecule has 0 aromatic rings. The molecule has 0 N–H and O–H groups in total. The van der Waals surface area contributed by atoms with Gasteiger partial charge in [0.2, 0.25) is 15.9 Å². The first kappa shape index (κ1) is 16.6. The molecule has 2 amide bonds. The van der Waals surface area contributed by atoms with Crippen molar-refractivity contribution in [2.24, 2.45) is 0 Å². The molecule has 0 spiro atoms. The van der Waals surface area contributed by atoms with Gasteiger partial charge in [-0.25, -0.2) is 12.7 Å². The van der Waals surface area contributed by atoms with E-state index in [2.05, 4.69) is 4.74 Å². The zero-order valence-corrected chi connectivity index (χ0v) is 12.3. The number of carbonyl (C=O) groups excluding carboxylic acids is 3. The van der Waals surface area contributed by atoms with Crippen molar-refractivity contribution >= 4 is 27.8 Å². The Kier molecular flexibility index (Phi) is 5.63. The predicted octanol–water partition coefficient (Wildman–Crippen LogP) is -1.04. The molecule has 20 heavy (non-hydrogen) atoms. The summed E-state index contributed by atoms with van der Waals surface area (Å²) in [5.41, 5.74) is 0. The molecule has 1 aliphatic rings. The molecule has 0 aliphatic carbocycles. The number of hydrogen-bond acceptors (Lipinski definition) is 6. The van der Waals surface area contributed by atoms with Crippen LogP contribution in [0.25, 0.3) is 0 Å². The number of esters is 1. The smallest absolute Gasteiger partial charge is 0.307 e. The Morgan fingerprint density at radius 3 is 2.50 bits per heavy atom. The Labute approximate surface area is 117 Å². The van der Waals surface area contributed by atoms with Crippen molar-refractivity contribution in [3.05, 3.63) is 0 Å². The molecule has 1 aliphatic heterocycles. The van der Waals surface area contributed by atoms with Crippen molar-refractivity contribution in [3.63, 3.8) is 0 Å². The van der Waals surface area contributed by atoms with Crippen molar-refractivity contribution in [1.29, 1.82) is 0 Å². The fraction of sp³-hybridized carbons (Fsp3) is 0.727. The van der Waals surface area contributed by atoms with Gasteiger partial charge in [0, 0.05) is 27.1 Å². The van der Waals surface area contributed by atoms with Gasteiger partial charge in [-0.2, -0.15) is 0 Å². The molecular formula is C11H18N2O6S. The van der Waals surface area contributed by atoms with Crippen molar-refractivity contribution in [2.75, 3.05) is 33.0 Å². The van der Waals surface area contributed by atoms with E-state index in [1.54, 1.807) is 0 Å². The highest BCUT2D eigenvalue weighted by molar-refractivity contribution is 7.89. The summed E-state index contributed by atoms with van der Waals surface area (Å²) in [5.74, 6) is -2.01. The van der Waals surface area contributed by atoms with Crippen LogP contribution in [-0.2, 0) is 29.1 Å². The lowest BCUT2D eigenvalue weighted by atomic mass is 10.4. The second kappa shape index (κ2) is 6.80. The van der Waals surface area contributed by atoms with Gasteiger partial charge in [0.05, 0.1) is 12.2 Å². The maximum absolute atomic E-state index is 11.6. The molecule has 0 aromatic heterocycles. The molecule has 0 saturated carbocycles. The molecule has 0 atom stereocenters. The lowest BCUT2D eigenvalue weighted by molar-refractivity contribution is -0.154. The van der Waals surface area contributed by atoms with E-state index in [9.17, 15) is 22.8 Å². The van der Waals surface area contributed by atoms with Gasteiger partial charge in [-0.1, -0.05) is 0 Å². The first-order valence-electron chi connectivity index (χ1n) is 6.13. The van der Waals surface area contributed by atoms with Gasteiger partial charge in [0.25, 0.3) is 5.91 Å². The van der Waals surface area contributed by atoms with Crippen molar-refractivity contribution in [2.45, 2.75) is 19.3 Å². The SMILES string of the molecule is CN(C)S(=O)(=O)CCC(=O)OCC(=O)N1CCCC1=O. The molecule has 0 unspecified atom stereocenters. The second-order valence-electron chi connectivity index (χ2n) is 4.55. The van der Waals surface area contributed by atoms with Gasteiger partial charge in [-0.15, -0.1) is 0 Å². The first-order chi connectivity index (χ1) is 9.24. The van der Waals surface area contributed by atoms with Gasteiger partial charge in [-0.05, 0) is 6.42 Å². The van der Waals surface area contributed by atoms with Crippen LogP contribution in [0.4, 0.5) is 0 Å². The van der Waals surface area contributed by atoms with E-state index in [0.29, 0.717) is 19.4 Å². The summed E-state index contributed by atoms with van der Waals surface area (Å²) in [6, 6.07) is 0. The molecule has 1 saturated heterocycles. The lowest BCUT2D eigenvalue weighted by Crippen LogP contribution is -2.35. The minimum atomic E-state index is -3.47. The van der Waals surface area contributed by atoms with Crippen molar-refractivity contribution in [1.82, 2.24) is 9.21 Å². The maximum Gasteiger partial charge on any atom is 0.307 e. The molecule has 0 aromatic carbocycles. The molecule has 1 fully saturated rings. The lowest BCUT2D eigenvalue weighted by Gasteiger charge is -2.14. The van der Waals surface area contributed by atoms with E-state index in [-0.39, 0.29) is 18.1 Å². The van der Waals surface area contributed by atoms with Crippen LogP contribution in [0.1, 0.15) is 19.3 Å². The third kappa shape index (κ3) is 4.57. The Morgan fingerprint density at radius 1 is 1.35 bits per heavy atom. The number of ether oxygens (including phenoxy) is 1. The third-order valence-corrected chi connectivity index (χ3v) is 4.68. The highest BCUT2D eigenvalue weighted by atomic mass is 32.2. The first-order valence-corrected chi connectivity index (χ1v) is 7.74. The minimum absolute atomic E-state index is 0.277. The summed E-state index contributed by atoms with van der Waals surface area (Å²) in [5, 5.41) is 0. The normalized spacial score (nSPS) is 15.8. The monoisotopic (exact) mass is 306 g/mol. The Bertz CT molecular complexity index is 499. The average Bonchev–Trinajstić information content (AvgIpc) is 2.79. The predicted molar refractivity (Wildman–Crippen MR) is 69.0 cm³/mol. The highest BCUT2D eigenvalue weighted by Gasteiger charge is 2.27. The topological polar surface area (TPSA) is 101 Å². The quantitative estimate of drug-likeness (QED) is 0.581. The standard InChI is InChI=1S/C11H18N2O6S/c1-12(2)20(17,18)7-5-11(16)19-8-10(15)13-6-3-4-9(13)14/h3-8H2,1-2H3. The molecule has 0 bridgehead atoms. The number of imide groups is 1. The summed E-state index contributed by atoms with van der Waals surface area (Å²) >= 11 is 0. The van der Waals surface area contributed by atoms with Gasteiger partial charge in [0.15, 0.2) is 6.61 Å². The number of amides is 2. The van der Waals surface area contributed by atoms with Gasteiger partial charge in [0.1, 0.15) is 0 Å². The van der Waals surface area contributed by atoms with Crippen LogP contribution >= 0.6 is 0 Å². The Hall–Kier alpha value is -1.48. The number of nitrogens with zero attached hydrogens (tertiary/aromatic N) is 2. The number of carbonyl (C=O) groups is 3. The van der Waals surface area contributed by atoms with Crippen LogP contribution in [0.5, 0.6) is 0 Å². The van der Waals surface area contributed by atoms with Gasteiger partial charge >= 0.3 is 5.97 Å². The highest BCUT2D eigenvalue weighted by Crippen LogP contribution is 2.09. The minimum Gasteiger partial charge on any atom is -0.456 e. The van der Waals surface area contributed by atoms with E-state index >= 15 is 0 Å². The molecule has 8 nitrogen and oxygen atoms in total. The average molecular weight is 306 g/mol. The zero-order valence-electron chi connectivity index (χ0n) is 11.5. The molecule has 9 heteroatoms. The molecule has 1 rings (SSSR count). The van der Waals surface area contributed by atoms with Gasteiger partial charge in [-0.3, -0.25) is 19.3 Å². The van der Waals surface area contributed by atoms with Crippen LogP contribution in [0.2, 0.25) is 0 Å². The number of rotatable bonds is 6. The van der Waals surface area contributed by atoms with E-state index in [4.69, 9.17) is 0 Å². The number of sulfonamides is 1. The second-order valence-corrected chi connectivity index (χ2v) is 6.85. The zero-order chi connectivity index (χ0) is 15.3. The van der Waals surface area contributed by atoms with Crippen molar-refractivity contribution < 1.29 is 27.5 Å². The molecule has 0 radical (unpaired) electrons. The van der Waals surface area contributed by atoms with Crippen LogP contribution in [0.3, 0.4) is 0 Å². The number of hydrogen-bond donors (Lipinski definition) is 0. The summed E-state index contributed by atoms with van der Waals surface area (Å²) in [7, 11) is -0.745. The number of likely N-dealkylation sites (tertiary alicyclic amines) is 1. The van der Waals surface area contributed by atoms with Crippen LogP contribution in [-0.4, -0.2) is 68.4 Å². The van der Waals surface area contributed by atoms with E-state index in [0.717, 1.165) is 9.21 Å². The Morgan fingerprint density at radius 2 is 2.00 bits per heavy atom. The van der Waals surface area contributed by atoms with E-state index < -0.39 is 28.5 Å². The molecular weight excluding hydrogens is 288 g/mol. The summed E-state index contributed by atoms with van der Waals surface area (Å²) in [6.07, 6.45) is 0.599. The van der Waals surface area contributed by atoms with Crippen LogP contribution < -0.4 is 0 Å². The van der Waals surface area contributed by atoms with E-state index in [1.165, 1.54) is 14.1 Å². The molecule has 114 valence electrons. The summed E-state index contributed by atoms with van der Waals surface area (Å²) in [6.45, 7) is -0.198. The summed E-state index contributed by atoms with van der Waals surface area (Å²) < 4.78 is 28.5. The largest absolute Gasteiger partial charge is 0.456 e. The maximum atomic E-state index is 11.6. The Balaban J connectivity index is 2.33. The van der Waals surface area contributed by atoms with Crippen LogP contribution in [0.15, 0.2) is 0 Å². The summed E-state index contributed by atoms with van der Waals surface area (Å²) in [4.78, 5) is 35.2. The van der Waals surface area contributed by atoms with E-state index in [1.807, 2.05) is 0 Å². The van der Waals surface area contributed by atoms with Crippen molar-refractivity contribution in [3.8, 4) is 0 Å². The fourth-order valence-corrected chi connectivity index (χ4v) is 2.39. The third-order valence-electron chi connectivity index (χ3n) is 2.85. The molecule has 1 heterocycles. The fourth-order valence-electron chi connectivity index (χ4n) is 1.60. The van der Waals surface area contributed by atoms with Gasteiger partial charge < -0.3 is 4.74 Å².